The van der Waals surface area contributed by atoms with Crippen LogP contribution < -0.4 is 0 Å². The molecule has 2 nitrogen and oxygen atoms in total. The lowest BCUT2D eigenvalue weighted by Gasteiger charge is -1.98. The first kappa shape index (κ1) is 8.41. The van der Waals surface area contributed by atoms with Gasteiger partial charge in [-0.1, -0.05) is 0 Å². The molecule has 0 unspecified atom stereocenters. The number of hydrogen-bond donors (Lipinski definition) is 0. The zero-order valence-electron chi connectivity index (χ0n) is 6.25. The Labute approximate surface area is 69.2 Å². The summed E-state index contributed by atoms with van der Waals surface area (Å²) in [5.74, 6) is -0.425. The molecule has 0 bridgehead atoms. The number of halogens is 1. The summed E-state index contributed by atoms with van der Waals surface area (Å²) >= 11 is 0. The molecule has 0 aliphatic heterocycles. The van der Waals surface area contributed by atoms with E-state index in [-0.39, 0.29) is 6.42 Å². The molecular formula is C9H6FNO. The zero-order valence-corrected chi connectivity index (χ0v) is 6.25. The molecule has 0 N–H and O–H groups in total. The largest absolute Gasteiger partial charge is 0.298 e. The van der Waals surface area contributed by atoms with Crippen molar-refractivity contribution in [3.8, 4) is 6.07 Å². The number of aldehydes is 1. The van der Waals surface area contributed by atoms with Gasteiger partial charge in [-0.25, -0.2) is 4.39 Å². The van der Waals surface area contributed by atoms with E-state index in [1.807, 2.05) is 6.07 Å². The minimum absolute atomic E-state index is 0.0613. The van der Waals surface area contributed by atoms with Gasteiger partial charge in [0.15, 0.2) is 0 Å². The van der Waals surface area contributed by atoms with Crippen molar-refractivity contribution in [3.05, 3.63) is 35.1 Å². The van der Waals surface area contributed by atoms with E-state index in [4.69, 9.17) is 5.26 Å². The number of rotatable bonds is 2. The number of carbonyl (C=O) groups is 1. The monoisotopic (exact) mass is 163 g/mol. The second kappa shape index (κ2) is 3.63. The molecule has 0 aliphatic carbocycles. The molecule has 0 saturated heterocycles. The van der Waals surface area contributed by atoms with Gasteiger partial charge in [0.25, 0.3) is 0 Å². The van der Waals surface area contributed by atoms with E-state index in [9.17, 15) is 9.18 Å². The first-order valence-corrected chi connectivity index (χ1v) is 3.38. The van der Waals surface area contributed by atoms with Gasteiger partial charge in [-0.15, -0.1) is 0 Å². The second-order valence-electron chi connectivity index (χ2n) is 2.30. The highest BCUT2D eigenvalue weighted by atomic mass is 19.1. The van der Waals surface area contributed by atoms with Gasteiger partial charge >= 0.3 is 0 Å². The normalized spacial score (nSPS) is 9.00. The first-order valence-electron chi connectivity index (χ1n) is 3.38. The Balaban J connectivity index is 3.14. The summed E-state index contributed by atoms with van der Waals surface area (Å²) in [5.41, 5.74) is 0.811. The van der Waals surface area contributed by atoms with Crippen LogP contribution in [0.15, 0.2) is 18.2 Å². The fourth-order valence-corrected chi connectivity index (χ4v) is 0.928. The lowest BCUT2D eigenvalue weighted by Crippen LogP contribution is -1.92. The van der Waals surface area contributed by atoms with Crippen LogP contribution in [0.2, 0.25) is 0 Å². The highest BCUT2D eigenvalue weighted by Crippen LogP contribution is 2.09. The van der Waals surface area contributed by atoms with E-state index in [0.717, 1.165) is 0 Å². The van der Waals surface area contributed by atoms with Gasteiger partial charge in [-0.2, -0.15) is 5.26 Å². The van der Waals surface area contributed by atoms with Crippen molar-refractivity contribution in [1.29, 1.82) is 5.26 Å². The number of hydrogen-bond acceptors (Lipinski definition) is 2. The van der Waals surface area contributed by atoms with Crippen LogP contribution in [0.25, 0.3) is 0 Å². The van der Waals surface area contributed by atoms with Crippen LogP contribution in [0.3, 0.4) is 0 Å². The second-order valence-corrected chi connectivity index (χ2v) is 2.30. The third kappa shape index (κ3) is 1.67. The lowest BCUT2D eigenvalue weighted by molar-refractivity contribution is 0.112. The topological polar surface area (TPSA) is 40.9 Å². The number of nitrogens with zero attached hydrogens (tertiary/aromatic N) is 1. The Kier molecular flexibility index (Phi) is 2.54. The summed E-state index contributed by atoms with van der Waals surface area (Å²) in [6, 6.07) is 5.63. The number of carbonyl (C=O) groups excluding carboxylic acids is 1. The smallest absolute Gasteiger partial charge is 0.150 e. The van der Waals surface area contributed by atoms with Crippen LogP contribution in [0.1, 0.15) is 15.9 Å². The highest BCUT2D eigenvalue weighted by Gasteiger charge is 2.01. The van der Waals surface area contributed by atoms with Crippen LogP contribution in [-0.2, 0) is 6.42 Å². The molecule has 0 spiro atoms. The summed E-state index contributed by atoms with van der Waals surface area (Å²) in [6.07, 6.45) is 0.679. The average molecular weight is 163 g/mol. The number of nitriles is 1. The van der Waals surface area contributed by atoms with Crippen LogP contribution in [-0.4, -0.2) is 6.29 Å². The van der Waals surface area contributed by atoms with Crippen molar-refractivity contribution in [2.24, 2.45) is 0 Å². The van der Waals surface area contributed by atoms with Gasteiger partial charge in [0, 0.05) is 5.56 Å². The van der Waals surface area contributed by atoms with Crippen molar-refractivity contribution < 1.29 is 9.18 Å². The molecule has 3 heteroatoms. The van der Waals surface area contributed by atoms with Gasteiger partial charge in [-0.05, 0) is 23.8 Å². The standard InChI is InChI=1S/C9H6FNO/c10-9-2-1-8(6-12)7(5-9)3-4-11/h1-2,5-6H,3H2. The summed E-state index contributed by atoms with van der Waals surface area (Å²) in [5, 5.41) is 8.34. The molecule has 1 aromatic rings. The molecule has 60 valence electrons. The Morgan fingerprint density at radius 2 is 2.33 bits per heavy atom. The van der Waals surface area contributed by atoms with Crippen LogP contribution in [0.5, 0.6) is 0 Å². The summed E-state index contributed by atoms with van der Waals surface area (Å²) in [4.78, 5) is 10.4. The van der Waals surface area contributed by atoms with Crippen molar-refractivity contribution in [2.75, 3.05) is 0 Å². The minimum atomic E-state index is -0.425. The van der Waals surface area contributed by atoms with Crippen molar-refractivity contribution in [1.82, 2.24) is 0 Å². The van der Waals surface area contributed by atoms with E-state index in [1.54, 1.807) is 0 Å². The molecule has 1 rings (SSSR count). The number of benzene rings is 1. The third-order valence-corrected chi connectivity index (χ3v) is 1.50. The molecule has 0 amide bonds. The first-order chi connectivity index (χ1) is 5.77. The molecule has 0 aliphatic rings. The van der Waals surface area contributed by atoms with E-state index in [1.165, 1.54) is 18.2 Å². The Morgan fingerprint density at radius 1 is 1.58 bits per heavy atom. The van der Waals surface area contributed by atoms with E-state index >= 15 is 0 Å². The van der Waals surface area contributed by atoms with Gasteiger partial charge < -0.3 is 0 Å². The van der Waals surface area contributed by atoms with Crippen molar-refractivity contribution in [3.63, 3.8) is 0 Å². The van der Waals surface area contributed by atoms with Gasteiger partial charge in [-0.3, -0.25) is 4.79 Å². The molecule has 0 fully saturated rings. The predicted molar refractivity (Wildman–Crippen MR) is 41.1 cm³/mol. The van der Waals surface area contributed by atoms with E-state index < -0.39 is 5.82 Å². The minimum Gasteiger partial charge on any atom is -0.298 e. The third-order valence-electron chi connectivity index (χ3n) is 1.50. The van der Waals surface area contributed by atoms with E-state index in [2.05, 4.69) is 0 Å². The van der Waals surface area contributed by atoms with Gasteiger partial charge in [0.2, 0.25) is 0 Å². The SMILES string of the molecule is N#CCc1cc(F)ccc1C=O. The summed E-state index contributed by atoms with van der Waals surface area (Å²) in [7, 11) is 0. The van der Waals surface area contributed by atoms with Crippen molar-refractivity contribution >= 4 is 6.29 Å². The Bertz CT molecular complexity index is 341. The fraction of sp³-hybridized carbons (Fsp3) is 0.111. The van der Waals surface area contributed by atoms with Gasteiger partial charge in [0.05, 0.1) is 12.5 Å². The molecule has 12 heavy (non-hydrogen) atoms. The summed E-state index contributed by atoms with van der Waals surface area (Å²) in [6.45, 7) is 0. The maximum atomic E-state index is 12.6. The maximum Gasteiger partial charge on any atom is 0.150 e. The molecule has 0 radical (unpaired) electrons. The predicted octanol–water partition coefficient (Wildman–Crippen LogP) is 1.70. The molecule has 0 heterocycles. The highest BCUT2D eigenvalue weighted by molar-refractivity contribution is 5.77. The molecule has 0 saturated carbocycles. The molecule has 1 aromatic carbocycles. The Hall–Kier alpha value is -1.69. The quantitative estimate of drug-likeness (QED) is 0.622. The zero-order chi connectivity index (χ0) is 8.97. The fourth-order valence-electron chi connectivity index (χ4n) is 0.928. The molecular weight excluding hydrogens is 157 g/mol. The molecule has 0 atom stereocenters. The van der Waals surface area contributed by atoms with E-state index in [0.29, 0.717) is 17.4 Å². The maximum absolute atomic E-state index is 12.6. The van der Waals surface area contributed by atoms with Crippen LogP contribution in [0, 0.1) is 17.1 Å². The van der Waals surface area contributed by atoms with Crippen LogP contribution in [0.4, 0.5) is 4.39 Å². The Morgan fingerprint density at radius 3 is 2.92 bits per heavy atom. The summed E-state index contributed by atoms with van der Waals surface area (Å²) < 4.78 is 12.6. The average Bonchev–Trinajstić information content (AvgIpc) is 2.05. The van der Waals surface area contributed by atoms with Crippen molar-refractivity contribution in [2.45, 2.75) is 6.42 Å². The van der Waals surface area contributed by atoms with Crippen LogP contribution >= 0.6 is 0 Å². The molecule has 0 aromatic heterocycles. The van der Waals surface area contributed by atoms with Gasteiger partial charge in [0.1, 0.15) is 12.1 Å². The lowest BCUT2D eigenvalue weighted by atomic mass is 10.1.